The number of hydrogen-bond donors (Lipinski definition) is 1. The van der Waals surface area contributed by atoms with Crippen LogP contribution in [0.3, 0.4) is 0 Å². The Morgan fingerprint density at radius 2 is 1.97 bits per heavy atom. The predicted octanol–water partition coefficient (Wildman–Crippen LogP) is 3.25. The van der Waals surface area contributed by atoms with Crippen LogP contribution in [0.5, 0.6) is 0 Å². The molecule has 2 aromatic heterocycles. The molecule has 0 radical (unpaired) electrons. The van der Waals surface area contributed by atoms with Crippen LogP contribution < -0.4 is 10.2 Å². The maximum Gasteiger partial charge on any atom is 0.253 e. The summed E-state index contributed by atoms with van der Waals surface area (Å²) in [5, 5.41) is 3.09. The highest BCUT2D eigenvalue weighted by Crippen LogP contribution is 2.26. The number of benzene rings is 1. The second kappa shape index (κ2) is 8.47. The molecule has 1 aromatic carbocycles. The molecule has 0 aliphatic carbocycles. The van der Waals surface area contributed by atoms with E-state index in [1.54, 1.807) is 37.5 Å². The van der Waals surface area contributed by atoms with Crippen molar-refractivity contribution in [1.29, 1.82) is 0 Å². The largest absolute Gasteiger partial charge is 0.345 e. The number of nitrogens with one attached hydrogen (secondary N) is 1. The Hall–Kier alpha value is -3.88. The first-order valence-corrected chi connectivity index (χ1v) is 9.78. The molecular weight excluding hydrogens is 399 g/mol. The van der Waals surface area contributed by atoms with Gasteiger partial charge in [-0.3, -0.25) is 19.6 Å². The lowest BCUT2D eigenvalue weighted by Crippen LogP contribution is -2.23. The molecular formula is C22H21FN6O2. The second-order valence-corrected chi connectivity index (χ2v) is 7.39. The Morgan fingerprint density at radius 3 is 2.61 bits per heavy atom. The number of halogens is 1. The average molecular weight is 420 g/mol. The van der Waals surface area contributed by atoms with E-state index in [4.69, 9.17) is 0 Å². The Kier molecular flexibility index (Phi) is 5.57. The minimum absolute atomic E-state index is 0.0865. The van der Waals surface area contributed by atoms with Gasteiger partial charge in [-0.1, -0.05) is 0 Å². The second-order valence-electron chi connectivity index (χ2n) is 7.39. The van der Waals surface area contributed by atoms with Crippen molar-refractivity contribution in [1.82, 2.24) is 19.9 Å². The van der Waals surface area contributed by atoms with E-state index >= 15 is 0 Å². The molecule has 3 aromatic rings. The summed E-state index contributed by atoms with van der Waals surface area (Å²) in [4.78, 5) is 39.8. The predicted molar refractivity (Wildman–Crippen MR) is 115 cm³/mol. The molecule has 9 heteroatoms. The molecule has 0 spiro atoms. The lowest BCUT2D eigenvalue weighted by molar-refractivity contribution is -0.117. The molecule has 8 nitrogen and oxygen atoms in total. The molecule has 31 heavy (non-hydrogen) atoms. The van der Waals surface area contributed by atoms with Crippen molar-refractivity contribution in [2.45, 2.75) is 12.8 Å². The van der Waals surface area contributed by atoms with Crippen molar-refractivity contribution in [2.75, 3.05) is 30.9 Å². The zero-order valence-corrected chi connectivity index (χ0v) is 17.2. The minimum atomic E-state index is -0.546. The Balaban J connectivity index is 1.50. The average Bonchev–Trinajstić information content (AvgIpc) is 3.20. The molecule has 1 fully saturated rings. The van der Waals surface area contributed by atoms with Crippen LogP contribution in [-0.2, 0) is 4.79 Å². The SMILES string of the molecule is CN(C)C(=O)c1ccc(-c2cnc(Nc3cncc(N4CCCC4=O)c3)cn2)c(F)c1. The summed E-state index contributed by atoms with van der Waals surface area (Å²) in [6.45, 7) is 0.683. The molecule has 1 aliphatic rings. The molecule has 0 unspecified atom stereocenters. The molecule has 1 aliphatic heterocycles. The third-order valence-corrected chi connectivity index (χ3v) is 4.93. The van der Waals surface area contributed by atoms with Gasteiger partial charge in [-0.05, 0) is 30.7 Å². The molecule has 1 N–H and O–H groups in total. The Morgan fingerprint density at radius 1 is 1.13 bits per heavy atom. The molecule has 0 atom stereocenters. The monoisotopic (exact) mass is 420 g/mol. The first kappa shape index (κ1) is 20.4. The van der Waals surface area contributed by atoms with Crippen LogP contribution in [0, 0.1) is 5.82 Å². The third-order valence-electron chi connectivity index (χ3n) is 4.93. The zero-order chi connectivity index (χ0) is 22.0. The van der Waals surface area contributed by atoms with Crippen molar-refractivity contribution in [3.8, 4) is 11.3 Å². The van der Waals surface area contributed by atoms with E-state index in [1.807, 2.05) is 6.07 Å². The number of hydrogen-bond acceptors (Lipinski definition) is 6. The number of anilines is 3. The van der Waals surface area contributed by atoms with Crippen LogP contribution in [0.4, 0.5) is 21.6 Å². The van der Waals surface area contributed by atoms with Crippen LogP contribution in [0.1, 0.15) is 23.2 Å². The first-order valence-electron chi connectivity index (χ1n) is 9.78. The van der Waals surface area contributed by atoms with E-state index in [2.05, 4.69) is 20.3 Å². The Bertz CT molecular complexity index is 1130. The van der Waals surface area contributed by atoms with E-state index in [1.165, 1.54) is 29.4 Å². The fourth-order valence-electron chi connectivity index (χ4n) is 3.36. The summed E-state index contributed by atoms with van der Waals surface area (Å²) in [6, 6.07) is 6.10. The van der Waals surface area contributed by atoms with Crippen LogP contribution >= 0.6 is 0 Å². The fraction of sp³-hybridized carbons (Fsp3) is 0.227. The van der Waals surface area contributed by atoms with Crippen molar-refractivity contribution in [3.63, 3.8) is 0 Å². The van der Waals surface area contributed by atoms with Gasteiger partial charge in [0.2, 0.25) is 5.91 Å². The highest BCUT2D eigenvalue weighted by molar-refractivity contribution is 5.95. The van der Waals surface area contributed by atoms with E-state index in [0.717, 1.165) is 12.1 Å². The lowest BCUT2D eigenvalue weighted by atomic mass is 10.1. The fourth-order valence-corrected chi connectivity index (χ4v) is 3.36. The summed E-state index contributed by atoms with van der Waals surface area (Å²) in [5.41, 5.74) is 2.26. The van der Waals surface area contributed by atoms with Crippen LogP contribution in [0.2, 0.25) is 0 Å². The maximum atomic E-state index is 14.5. The third kappa shape index (κ3) is 4.35. The van der Waals surface area contributed by atoms with Gasteiger partial charge >= 0.3 is 0 Å². The summed E-state index contributed by atoms with van der Waals surface area (Å²) < 4.78 is 14.5. The van der Waals surface area contributed by atoms with Crippen LogP contribution in [0.15, 0.2) is 49.1 Å². The van der Waals surface area contributed by atoms with Crippen molar-refractivity contribution >= 4 is 29.0 Å². The number of pyridine rings is 1. The van der Waals surface area contributed by atoms with Gasteiger partial charge in [0, 0.05) is 38.2 Å². The molecule has 2 amide bonds. The number of aromatic nitrogens is 3. The number of carbonyl (C=O) groups excluding carboxylic acids is 2. The number of rotatable bonds is 5. The van der Waals surface area contributed by atoms with Crippen LogP contribution in [0.25, 0.3) is 11.3 Å². The number of carbonyl (C=O) groups is 2. The normalized spacial score (nSPS) is 13.4. The highest BCUT2D eigenvalue weighted by Gasteiger charge is 2.22. The molecule has 4 rings (SSSR count). The van der Waals surface area contributed by atoms with Gasteiger partial charge in [0.15, 0.2) is 0 Å². The van der Waals surface area contributed by atoms with Crippen molar-refractivity contribution in [2.24, 2.45) is 0 Å². The molecule has 1 saturated heterocycles. The lowest BCUT2D eigenvalue weighted by Gasteiger charge is -2.16. The zero-order valence-electron chi connectivity index (χ0n) is 17.2. The molecule has 0 saturated carbocycles. The van der Waals surface area contributed by atoms with E-state index < -0.39 is 5.82 Å². The first-order chi connectivity index (χ1) is 14.9. The van der Waals surface area contributed by atoms with Gasteiger partial charge in [-0.2, -0.15) is 0 Å². The maximum absolute atomic E-state index is 14.5. The topological polar surface area (TPSA) is 91.3 Å². The summed E-state index contributed by atoms with van der Waals surface area (Å²) in [5.74, 6) is -0.281. The number of nitrogens with zero attached hydrogens (tertiary/aromatic N) is 5. The highest BCUT2D eigenvalue weighted by atomic mass is 19.1. The quantitative estimate of drug-likeness (QED) is 0.681. The van der Waals surface area contributed by atoms with Gasteiger partial charge in [0.1, 0.15) is 11.6 Å². The smallest absolute Gasteiger partial charge is 0.253 e. The van der Waals surface area contributed by atoms with Crippen molar-refractivity contribution in [3.05, 3.63) is 60.4 Å². The van der Waals surface area contributed by atoms with E-state index in [-0.39, 0.29) is 22.9 Å². The van der Waals surface area contributed by atoms with Gasteiger partial charge < -0.3 is 15.1 Å². The minimum Gasteiger partial charge on any atom is -0.345 e. The Labute approximate surface area is 178 Å². The van der Waals surface area contributed by atoms with Gasteiger partial charge in [0.25, 0.3) is 5.91 Å². The molecule has 158 valence electrons. The van der Waals surface area contributed by atoms with Crippen LogP contribution in [-0.4, -0.2) is 52.3 Å². The van der Waals surface area contributed by atoms with E-state index in [0.29, 0.717) is 30.2 Å². The standard InChI is InChI=1S/C22H21FN6O2/c1-28(2)22(31)14-5-6-17(18(23)8-14)19-12-26-20(13-25-19)27-15-9-16(11-24-10-15)29-7-3-4-21(29)30/h5-6,8-13H,3-4,7H2,1-2H3,(H,26,27). The number of amides is 2. The summed E-state index contributed by atoms with van der Waals surface area (Å²) >= 11 is 0. The van der Waals surface area contributed by atoms with Gasteiger partial charge in [-0.15, -0.1) is 0 Å². The van der Waals surface area contributed by atoms with E-state index in [9.17, 15) is 14.0 Å². The van der Waals surface area contributed by atoms with Crippen molar-refractivity contribution < 1.29 is 14.0 Å². The van der Waals surface area contributed by atoms with Gasteiger partial charge in [-0.25, -0.2) is 9.37 Å². The van der Waals surface area contributed by atoms with Gasteiger partial charge in [0.05, 0.1) is 41.9 Å². The molecule has 3 heterocycles. The molecule has 0 bridgehead atoms. The summed E-state index contributed by atoms with van der Waals surface area (Å²) in [6.07, 6.45) is 7.60. The summed E-state index contributed by atoms with van der Waals surface area (Å²) in [7, 11) is 3.22.